The van der Waals surface area contributed by atoms with Crippen LogP contribution >= 0.6 is 0 Å². The Labute approximate surface area is 186 Å². The summed E-state index contributed by atoms with van der Waals surface area (Å²) in [6.07, 6.45) is 11.1. The molecule has 0 aromatic rings. The minimum atomic E-state index is -1.57. The number of alkyl halides is 1. The fourth-order valence-electron chi connectivity index (χ4n) is 3.36. The highest BCUT2D eigenvalue weighted by Gasteiger charge is 2.32. The maximum Gasteiger partial charge on any atom is 0.205 e. The molecule has 0 N–H and O–H groups in total. The predicted octanol–water partition coefficient (Wildman–Crippen LogP) is 3.80. The molecule has 3 rings (SSSR count). The zero-order valence-corrected chi connectivity index (χ0v) is 18.0. The molecule has 2 heterocycles. The summed E-state index contributed by atoms with van der Waals surface area (Å²) in [5.74, 6) is -0.538. The molecule has 0 amide bonds. The zero-order chi connectivity index (χ0) is 23.1. The van der Waals surface area contributed by atoms with E-state index in [0.29, 0.717) is 25.5 Å². The van der Waals surface area contributed by atoms with Crippen molar-refractivity contribution < 1.29 is 18.3 Å². The van der Waals surface area contributed by atoms with E-state index in [4.69, 9.17) is 9.73 Å². The molecule has 0 radical (unpaired) electrons. The van der Waals surface area contributed by atoms with Crippen LogP contribution in [0.2, 0.25) is 0 Å². The Kier molecular flexibility index (Phi) is 7.83. The van der Waals surface area contributed by atoms with Crippen molar-refractivity contribution in [2.45, 2.75) is 18.7 Å². The van der Waals surface area contributed by atoms with Gasteiger partial charge in [-0.25, -0.2) is 13.8 Å². The predicted molar refractivity (Wildman–Crippen MR) is 122 cm³/mol. The molecule has 6 nitrogen and oxygen atoms in total. The van der Waals surface area contributed by atoms with Crippen molar-refractivity contribution in [2.75, 3.05) is 26.7 Å². The van der Waals surface area contributed by atoms with Gasteiger partial charge >= 0.3 is 0 Å². The molecule has 0 aromatic carbocycles. The van der Waals surface area contributed by atoms with Crippen LogP contribution in [0.15, 0.2) is 94.7 Å². The van der Waals surface area contributed by atoms with Gasteiger partial charge in [-0.15, -0.1) is 0 Å². The minimum absolute atomic E-state index is 0.0694. The summed E-state index contributed by atoms with van der Waals surface area (Å²) in [5.41, 5.74) is 1.64. The van der Waals surface area contributed by atoms with Crippen molar-refractivity contribution in [1.82, 2.24) is 9.80 Å². The van der Waals surface area contributed by atoms with Gasteiger partial charge < -0.3 is 14.5 Å². The number of ether oxygens (including phenoxy) is 1. The van der Waals surface area contributed by atoms with Crippen LogP contribution in [-0.2, 0) is 9.53 Å². The zero-order valence-electron chi connectivity index (χ0n) is 18.0. The van der Waals surface area contributed by atoms with Crippen LogP contribution in [0.4, 0.5) is 8.78 Å². The first-order valence-corrected chi connectivity index (χ1v) is 10.2. The Morgan fingerprint density at radius 1 is 1.44 bits per heavy atom. The number of hydrogen-bond acceptors (Lipinski definition) is 6. The molecule has 0 bridgehead atoms. The Morgan fingerprint density at radius 2 is 2.25 bits per heavy atom. The molecule has 3 aliphatic rings. The van der Waals surface area contributed by atoms with Gasteiger partial charge in [0, 0.05) is 43.7 Å². The second-order valence-electron chi connectivity index (χ2n) is 7.35. The van der Waals surface area contributed by atoms with Gasteiger partial charge in [-0.05, 0) is 24.3 Å². The van der Waals surface area contributed by atoms with Crippen molar-refractivity contribution in [2.24, 2.45) is 9.98 Å². The van der Waals surface area contributed by atoms with Crippen LogP contribution in [0.5, 0.6) is 0 Å². The van der Waals surface area contributed by atoms with Crippen molar-refractivity contribution in [3.05, 3.63) is 84.7 Å². The van der Waals surface area contributed by atoms with Gasteiger partial charge in [0.25, 0.3) is 0 Å². The molecule has 32 heavy (non-hydrogen) atoms. The lowest BCUT2D eigenvalue weighted by molar-refractivity contribution is -0.130. The fourth-order valence-corrected chi connectivity index (χ4v) is 3.36. The molecular formula is C24H26F2N4O2. The number of hydrogen-bond donors (Lipinski definition) is 0. The van der Waals surface area contributed by atoms with E-state index in [2.05, 4.69) is 18.2 Å². The van der Waals surface area contributed by atoms with E-state index in [1.165, 1.54) is 6.08 Å². The van der Waals surface area contributed by atoms with Crippen molar-refractivity contribution >= 4 is 18.0 Å². The first-order chi connectivity index (χ1) is 15.4. The second-order valence-corrected chi connectivity index (χ2v) is 7.35. The number of likely N-dealkylation sites (N-methyl/N-ethyl adjacent to an activating group) is 1. The number of Topliss-reactive ketones (excluding diaryl/α,β-unsaturated/α-hetero) is 1. The van der Waals surface area contributed by atoms with Gasteiger partial charge in [0.2, 0.25) is 5.96 Å². The van der Waals surface area contributed by atoms with Gasteiger partial charge in [0.1, 0.15) is 18.1 Å². The highest BCUT2D eigenvalue weighted by molar-refractivity contribution is 6.02. The van der Waals surface area contributed by atoms with Gasteiger partial charge in [0.05, 0.1) is 18.8 Å². The van der Waals surface area contributed by atoms with E-state index in [1.54, 1.807) is 18.5 Å². The topological polar surface area (TPSA) is 57.5 Å². The van der Waals surface area contributed by atoms with E-state index >= 15 is 0 Å². The Bertz CT molecular complexity index is 988. The monoisotopic (exact) mass is 440 g/mol. The number of carbonyl (C=O) groups excluding carboxylic acids is 1. The number of nitrogens with zero attached hydrogens (tertiary/aromatic N) is 4. The molecule has 0 saturated carbocycles. The molecule has 0 spiro atoms. The molecule has 1 aliphatic carbocycles. The Morgan fingerprint density at radius 3 is 3.03 bits per heavy atom. The van der Waals surface area contributed by atoms with Crippen LogP contribution in [0.1, 0.15) is 6.42 Å². The maximum absolute atomic E-state index is 13.8. The van der Waals surface area contributed by atoms with Gasteiger partial charge in [0.15, 0.2) is 5.78 Å². The summed E-state index contributed by atoms with van der Waals surface area (Å²) >= 11 is 0. The van der Waals surface area contributed by atoms with Gasteiger partial charge in [-0.2, -0.15) is 0 Å². The van der Waals surface area contributed by atoms with Crippen LogP contribution in [0.3, 0.4) is 0 Å². The third-order valence-electron chi connectivity index (χ3n) is 5.02. The summed E-state index contributed by atoms with van der Waals surface area (Å²) in [5, 5.41) is 0. The molecule has 8 heteroatoms. The average Bonchev–Trinajstić information content (AvgIpc) is 2.95. The van der Waals surface area contributed by atoms with Crippen molar-refractivity contribution in [3.63, 3.8) is 0 Å². The van der Waals surface area contributed by atoms with E-state index in [0.717, 1.165) is 29.6 Å². The smallest absolute Gasteiger partial charge is 0.205 e. The van der Waals surface area contributed by atoms with Gasteiger partial charge in [-0.3, -0.25) is 9.79 Å². The lowest BCUT2D eigenvalue weighted by Gasteiger charge is -2.39. The van der Waals surface area contributed by atoms with Crippen LogP contribution in [-0.4, -0.2) is 66.8 Å². The summed E-state index contributed by atoms with van der Waals surface area (Å²) in [6, 6.07) is 0. The normalized spacial score (nSPS) is 24.3. The van der Waals surface area contributed by atoms with Crippen LogP contribution in [0, 0.1) is 0 Å². The first kappa shape index (κ1) is 23.3. The van der Waals surface area contributed by atoms with Crippen LogP contribution in [0.25, 0.3) is 0 Å². The number of allylic oxidation sites excluding steroid dienone is 8. The Hall–Kier alpha value is -3.39. The van der Waals surface area contributed by atoms with Crippen molar-refractivity contribution in [1.29, 1.82) is 0 Å². The number of carbonyl (C=O) groups is 1. The van der Waals surface area contributed by atoms with Crippen LogP contribution < -0.4 is 0 Å². The first-order valence-electron chi connectivity index (χ1n) is 10.2. The number of ketones is 1. The number of morpholine rings is 1. The fraction of sp³-hybridized carbons (Fsp3) is 0.292. The number of guanidine groups is 1. The molecular weight excluding hydrogens is 414 g/mol. The standard InChI is InChI=1S/C24H26F2N4O2/c1-4-9-27-10-5-6-21-13-17(2)29(3)24(28-21)30-11-12-32-22(16-30)23(31)18-7-8-19(25)15-20(26)14-18/h4-5,7-10,13-15,19,22H,1-2,6,11-12,16H2,3H3/b10-5-,27-9?. The van der Waals surface area contributed by atoms with E-state index in [9.17, 15) is 13.6 Å². The summed E-state index contributed by atoms with van der Waals surface area (Å²) < 4.78 is 33.0. The van der Waals surface area contributed by atoms with E-state index in [1.807, 2.05) is 29.0 Å². The second kappa shape index (κ2) is 10.8. The lowest BCUT2D eigenvalue weighted by Crippen LogP contribution is -2.53. The van der Waals surface area contributed by atoms with Gasteiger partial charge in [-0.1, -0.05) is 31.4 Å². The molecule has 1 fully saturated rings. The van der Waals surface area contributed by atoms with E-state index in [-0.39, 0.29) is 12.1 Å². The average molecular weight is 440 g/mol. The largest absolute Gasteiger partial charge is 0.366 e. The molecule has 168 valence electrons. The van der Waals surface area contributed by atoms with E-state index < -0.39 is 23.9 Å². The SMILES string of the molecule is C=CC=N/C=C\CC1=CC(=C)N(C)C(N2CCOC(C(=O)C3=CC(F)=CC(F)C=C3)C2)=N1. The molecule has 0 aromatic heterocycles. The molecule has 2 atom stereocenters. The van der Waals surface area contributed by atoms with Crippen molar-refractivity contribution in [3.8, 4) is 0 Å². The summed E-state index contributed by atoms with van der Waals surface area (Å²) in [4.78, 5) is 25.5. The lowest BCUT2D eigenvalue weighted by atomic mass is 10.0. The number of halogens is 2. The molecule has 2 unspecified atom stereocenters. The maximum atomic E-state index is 13.8. The quantitative estimate of drug-likeness (QED) is 0.590. The molecule has 2 aliphatic heterocycles. The number of aliphatic imine (C=N–C) groups is 2. The minimum Gasteiger partial charge on any atom is -0.366 e. The third-order valence-corrected chi connectivity index (χ3v) is 5.02. The summed E-state index contributed by atoms with van der Waals surface area (Å²) in [6.45, 7) is 8.71. The highest BCUT2D eigenvalue weighted by Crippen LogP contribution is 2.23. The summed E-state index contributed by atoms with van der Waals surface area (Å²) in [7, 11) is 1.85. The third kappa shape index (κ3) is 5.85. The Balaban J connectivity index is 1.74. The number of rotatable bonds is 6. The highest BCUT2D eigenvalue weighted by atomic mass is 19.1. The molecule has 1 saturated heterocycles.